The number of benzene rings is 6. The fourth-order valence-electron chi connectivity index (χ4n) is 7.96. The third-order valence-electron chi connectivity index (χ3n) is 11.3. The van der Waals surface area contributed by atoms with Gasteiger partial charge in [-0.25, -0.2) is 4.98 Å². The number of para-hydroxylation sites is 4. The van der Waals surface area contributed by atoms with Gasteiger partial charge in [0.15, 0.2) is 0 Å². The molecule has 5 nitrogen and oxygen atoms in total. The van der Waals surface area contributed by atoms with Gasteiger partial charge in [0, 0.05) is 29.5 Å². The minimum absolute atomic E-state index is 0. The Morgan fingerprint density at radius 1 is 0.641 bits per heavy atom. The monoisotopic (exact) mass is 1030 g/mol. The maximum Gasteiger partial charge on any atom is 2.00 e. The minimum atomic E-state index is -3.80. The first kappa shape index (κ1) is 32.1. The van der Waals surface area contributed by atoms with E-state index < -0.39 is 83.0 Å². The Bertz CT molecular complexity index is 3780. The van der Waals surface area contributed by atoms with Gasteiger partial charge in [-0.05, 0) is 68.6 Å². The van der Waals surface area contributed by atoms with E-state index in [0.717, 1.165) is 16.5 Å². The maximum absolute atomic E-state index is 17.8. The SMILES string of the molecule is [2H]c1c([2H])c([2H])c(-c2cccc(-c3c([2H])c([2H])c([2H])c([2H])c3[2H])c2[N+]2=C=[N+](c3[c-]c(C(F)(F)c4[c-]c5c(cn4)c4ccccc4n5-c4cc(C(C)(C)C)ccn4)cc(C(C)(C)C)c3)c3ccccc32)c([2H])c1[2H].[Pt+2]. The molecule has 6 aromatic carbocycles. The Hall–Kier alpha value is -6.65. The molecule has 10 rings (SSSR count). The molecule has 0 atom stereocenters. The maximum atomic E-state index is 17.8. The summed E-state index contributed by atoms with van der Waals surface area (Å²) in [5.74, 6) is -3.27. The van der Waals surface area contributed by atoms with Crippen LogP contribution in [0.5, 0.6) is 0 Å². The molecule has 0 saturated heterocycles. The molecule has 0 amide bonds. The van der Waals surface area contributed by atoms with Crippen LogP contribution in [0.3, 0.4) is 0 Å². The topological polar surface area (TPSA) is 36.7 Å². The summed E-state index contributed by atoms with van der Waals surface area (Å²) in [7, 11) is 0. The van der Waals surface area contributed by atoms with Gasteiger partial charge in [0.2, 0.25) is 5.69 Å². The molecular formula is C56H45F2N5Pt+2. The van der Waals surface area contributed by atoms with Crippen LogP contribution in [0.2, 0.25) is 0 Å². The zero-order chi connectivity index (χ0) is 52.4. The predicted molar refractivity (Wildman–Crippen MR) is 253 cm³/mol. The van der Waals surface area contributed by atoms with Crippen molar-refractivity contribution >= 4 is 50.6 Å². The summed E-state index contributed by atoms with van der Waals surface area (Å²) < 4.78 is 128. The summed E-state index contributed by atoms with van der Waals surface area (Å²) in [6.45, 7) is 11.9. The standard InChI is InChI=1S/C56H45F2N5.Pt/c1-54(2,3)39-28-29-59-52(33-39)63-47-25-14-13-22-45(47)46-35-60-51(34-50(46)63)56(57,58)41-30-40(55(4,5)6)31-42(32-41)61-36-62(49-27-16-15-26-48(49)61)53-43(37-18-9-7-10-19-37)23-17-24-44(53)38-20-11-8-12-21-38;/h7-31,33,35H,1-6H3;/q;+2/i7D,8D,9D,10D,11D,12D,18D,19D,20D,21D;. The zero-order valence-corrected chi connectivity index (χ0v) is 37.9. The average molecular weight is 1030 g/mol. The number of hydrogen-bond donors (Lipinski definition) is 0. The molecule has 0 N–H and O–H groups in total. The second-order valence-corrected chi connectivity index (χ2v) is 17.5. The summed E-state index contributed by atoms with van der Waals surface area (Å²) in [6.07, 6.45) is 3.14. The molecule has 1 aliphatic rings. The number of rotatable bonds is 7. The fourth-order valence-corrected chi connectivity index (χ4v) is 7.96. The van der Waals surface area contributed by atoms with E-state index in [1.165, 1.54) is 39.6 Å². The minimum Gasteiger partial charge on any atom is -0.331 e. The van der Waals surface area contributed by atoms with Gasteiger partial charge < -0.3 is 4.57 Å². The molecule has 316 valence electrons. The van der Waals surface area contributed by atoms with Crippen molar-refractivity contribution in [2.75, 3.05) is 0 Å². The Kier molecular flexibility index (Phi) is 8.10. The summed E-state index contributed by atoms with van der Waals surface area (Å²) in [5.41, 5.74) is 1.06. The summed E-state index contributed by atoms with van der Waals surface area (Å²) >= 11 is 0. The number of halogens is 2. The number of hydrogen-bond acceptors (Lipinski definition) is 2. The van der Waals surface area contributed by atoms with Gasteiger partial charge >= 0.3 is 27.1 Å². The summed E-state index contributed by atoms with van der Waals surface area (Å²) in [4.78, 5) is 9.08. The summed E-state index contributed by atoms with van der Waals surface area (Å²) in [5, 5.41) is 1.39. The molecule has 4 heterocycles. The van der Waals surface area contributed by atoms with E-state index >= 15 is 8.78 Å². The van der Waals surface area contributed by atoms with Crippen molar-refractivity contribution in [1.29, 1.82) is 0 Å². The van der Waals surface area contributed by atoms with E-state index in [9.17, 15) is 0 Å². The van der Waals surface area contributed by atoms with Crippen molar-refractivity contribution in [3.63, 3.8) is 0 Å². The van der Waals surface area contributed by atoms with Crippen molar-refractivity contribution in [2.24, 2.45) is 0 Å². The van der Waals surface area contributed by atoms with Crippen molar-refractivity contribution in [1.82, 2.24) is 23.7 Å². The van der Waals surface area contributed by atoms with Gasteiger partial charge in [0.1, 0.15) is 11.5 Å². The number of fused-ring (bicyclic) bond motifs is 4. The third kappa shape index (κ3) is 7.43. The fraction of sp³-hybridized carbons (Fsp3) is 0.161. The molecule has 0 radical (unpaired) electrons. The van der Waals surface area contributed by atoms with Crippen molar-refractivity contribution in [3.8, 4) is 28.1 Å². The third-order valence-corrected chi connectivity index (χ3v) is 11.3. The second kappa shape index (κ2) is 16.2. The molecular weight excluding hydrogens is 976 g/mol. The Morgan fingerprint density at radius 3 is 1.89 bits per heavy atom. The van der Waals surface area contributed by atoms with Crippen molar-refractivity contribution in [2.45, 2.75) is 58.3 Å². The Morgan fingerprint density at radius 2 is 1.25 bits per heavy atom. The van der Waals surface area contributed by atoms with Crippen LogP contribution in [-0.4, -0.2) is 20.5 Å². The van der Waals surface area contributed by atoms with Crippen LogP contribution >= 0.6 is 0 Å². The van der Waals surface area contributed by atoms with E-state index in [0.29, 0.717) is 33.7 Å². The van der Waals surface area contributed by atoms with E-state index in [1.807, 2.05) is 61.7 Å². The van der Waals surface area contributed by atoms with Crippen LogP contribution in [0.15, 0.2) is 164 Å². The molecule has 0 spiro atoms. The smallest absolute Gasteiger partial charge is 0.331 e. The quantitative estimate of drug-likeness (QED) is 0.118. The number of pyridine rings is 2. The second-order valence-electron chi connectivity index (χ2n) is 17.5. The van der Waals surface area contributed by atoms with Gasteiger partial charge in [-0.15, -0.1) is 16.5 Å². The van der Waals surface area contributed by atoms with Crippen LogP contribution in [0, 0.1) is 12.1 Å². The van der Waals surface area contributed by atoms with Crippen molar-refractivity contribution < 1.29 is 43.6 Å². The van der Waals surface area contributed by atoms with E-state index in [1.54, 1.807) is 36.5 Å². The average Bonchev–Trinajstić information content (AvgIpc) is 3.92. The molecule has 0 unspecified atom stereocenters. The largest absolute Gasteiger partial charge is 2.00 e. The van der Waals surface area contributed by atoms with Gasteiger partial charge in [-0.2, -0.15) is 20.9 Å². The molecule has 9 aromatic rings. The molecule has 0 saturated carbocycles. The predicted octanol–water partition coefficient (Wildman–Crippen LogP) is 14.1. The van der Waals surface area contributed by atoms with E-state index in [2.05, 4.69) is 43.9 Å². The number of aromatic nitrogens is 3. The Labute approximate surface area is 401 Å². The van der Waals surface area contributed by atoms with Gasteiger partial charge in [0.05, 0.1) is 24.8 Å². The number of nitrogens with zero attached hydrogens (tertiary/aromatic N) is 5. The van der Waals surface area contributed by atoms with Gasteiger partial charge in [-0.3, -0.25) is 4.98 Å². The van der Waals surface area contributed by atoms with Crippen LogP contribution < -0.4 is 9.15 Å². The molecule has 0 fully saturated rings. The zero-order valence-electron chi connectivity index (χ0n) is 45.6. The van der Waals surface area contributed by atoms with Gasteiger partial charge in [-0.1, -0.05) is 166 Å². The first-order valence-electron chi connectivity index (χ1n) is 25.4. The van der Waals surface area contributed by atoms with Crippen LogP contribution in [0.1, 0.15) is 77.6 Å². The molecule has 0 aliphatic carbocycles. The van der Waals surface area contributed by atoms with Crippen LogP contribution in [0.25, 0.3) is 49.9 Å². The van der Waals surface area contributed by atoms with E-state index in [4.69, 9.17) is 18.7 Å². The first-order chi connectivity index (χ1) is 34.4. The Balaban J connectivity index is 0.00000672. The number of alkyl halides is 2. The summed E-state index contributed by atoms with van der Waals surface area (Å²) in [6, 6.07) is 29.4. The van der Waals surface area contributed by atoms with Gasteiger partial charge in [0.25, 0.3) is 17.3 Å². The van der Waals surface area contributed by atoms with Crippen molar-refractivity contribution in [3.05, 3.63) is 198 Å². The first-order valence-corrected chi connectivity index (χ1v) is 20.4. The normalized spacial score (nSPS) is 15.0. The van der Waals surface area contributed by atoms with E-state index in [-0.39, 0.29) is 60.1 Å². The molecule has 64 heavy (non-hydrogen) atoms. The molecule has 3 aromatic heterocycles. The molecule has 1 aliphatic heterocycles. The van der Waals surface area contributed by atoms with Crippen LogP contribution in [-0.2, 0) is 37.8 Å². The molecule has 0 bridgehead atoms. The molecule has 8 heteroatoms. The van der Waals surface area contributed by atoms with Crippen LogP contribution in [0.4, 0.5) is 31.5 Å².